The van der Waals surface area contributed by atoms with Gasteiger partial charge in [0.2, 0.25) is 5.91 Å². The summed E-state index contributed by atoms with van der Waals surface area (Å²) < 4.78 is 5.28. The van der Waals surface area contributed by atoms with Crippen LogP contribution in [0.25, 0.3) is 0 Å². The molecule has 6 nitrogen and oxygen atoms in total. The van der Waals surface area contributed by atoms with Crippen LogP contribution in [-0.4, -0.2) is 34.9 Å². The average molecular weight is 362 g/mol. The summed E-state index contributed by atoms with van der Waals surface area (Å²) >= 11 is 0. The Labute approximate surface area is 155 Å². The van der Waals surface area contributed by atoms with Crippen molar-refractivity contribution in [2.45, 2.75) is 71.8 Å². The molecule has 2 rings (SSSR count). The number of fused-ring (bicyclic) bond motifs is 1. The number of aliphatic hydroxyl groups excluding tert-OH is 1. The second-order valence-corrected chi connectivity index (χ2v) is 8.90. The van der Waals surface area contributed by atoms with E-state index in [9.17, 15) is 14.7 Å². The predicted molar refractivity (Wildman–Crippen MR) is 99.6 cm³/mol. The van der Waals surface area contributed by atoms with Gasteiger partial charge in [0, 0.05) is 6.42 Å². The lowest BCUT2D eigenvalue weighted by molar-refractivity contribution is -0.127. The fourth-order valence-electron chi connectivity index (χ4n) is 3.09. The molecule has 1 aliphatic rings. The van der Waals surface area contributed by atoms with E-state index in [1.54, 1.807) is 20.8 Å². The van der Waals surface area contributed by atoms with Gasteiger partial charge in [-0.3, -0.25) is 4.79 Å². The third-order valence-electron chi connectivity index (χ3n) is 4.29. The summed E-state index contributed by atoms with van der Waals surface area (Å²) in [6.07, 6.45) is -0.820. The van der Waals surface area contributed by atoms with Crippen molar-refractivity contribution in [3.8, 4) is 0 Å². The van der Waals surface area contributed by atoms with Crippen molar-refractivity contribution in [2.24, 2.45) is 5.41 Å². The number of rotatable bonds is 3. The molecule has 1 aromatic carbocycles. The first kappa shape index (κ1) is 20.2. The second kappa shape index (κ2) is 7.27. The van der Waals surface area contributed by atoms with Crippen LogP contribution in [0.2, 0.25) is 0 Å². The Morgan fingerprint density at radius 2 is 1.77 bits per heavy atom. The molecule has 0 aromatic heterocycles. The number of alkyl carbamates (subject to hydrolysis) is 1. The monoisotopic (exact) mass is 362 g/mol. The first-order valence-corrected chi connectivity index (χ1v) is 8.94. The maximum atomic E-state index is 12.9. The van der Waals surface area contributed by atoms with E-state index < -0.39 is 35.3 Å². The van der Waals surface area contributed by atoms with Crippen LogP contribution in [0, 0.1) is 5.41 Å². The number of nitrogens with one attached hydrogen (secondary N) is 2. The summed E-state index contributed by atoms with van der Waals surface area (Å²) in [5.41, 5.74) is 0.768. The van der Waals surface area contributed by atoms with Gasteiger partial charge < -0.3 is 20.5 Å². The predicted octanol–water partition coefficient (Wildman–Crippen LogP) is 2.70. The van der Waals surface area contributed by atoms with E-state index in [0.29, 0.717) is 6.42 Å². The van der Waals surface area contributed by atoms with Gasteiger partial charge in [-0.05, 0) is 37.3 Å². The van der Waals surface area contributed by atoms with Gasteiger partial charge in [0.1, 0.15) is 11.6 Å². The van der Waals surface area contributed by atoms with Gasteiger partial charge >= 0.3 is 6.09 Å². The number of amides is 2. The normalized spacial score (nSPS) is 20.9. The Kier molecular flexibility index (Phi) is 5.66. The van der Waals surface area contributed by atoms with Crippen LogP contribution < -0.4 is 10.6 Å². The van der Waals surface area contributed by atoms with E-state index >= 15 is 0 Å². The lowest BCUT2D eigenvalue weighted by atomic mass is 9.86. The van der Waals surface area contributed by atoms with Gasteiger partial charge in [-0.1, -0.05) is 45.0 Å². The van der Waals surface area contributed by atoms with Crippen molar-refractivity contribution in [1.82, 2.24) is 10.6 Å². The molecule has 2 amide bonds. The molecule has 6 heteroatoms. The molecular weight excluding hydrogens is 332 g/mol. The molecule has 0 saturated heterocycles. The quantitative estimate of drug-likeness (QED) is 0.771. The topological polar surface area (TPSA) is 87.7 Å². The number of hydrogen-bond donors (Lipinski definition) is 3. The molecule has 1 aromatic rings. The summed E-state index contributed by atoms with van der Waals surface area (Å²) in [7, 11) is 0. The first-order valence-electron chi connectivity index (χ1n) is 8.94. The van der Waals surface area contributed by atoms with Crippen LogP contribution in [0.1, 0.15) is 58.7 Å². The van der Waals surface area contributed by atoms with Crippen molar-refractivity contribution < 1.29 is 19.4 Å². The number of benzene rings is 1. The van der Waals surface area contributed by atoms with Gasteiger partial charge in [-0.25, -0.2) is 4.79 Å². The highest BCUT2D eigenvalue weighted by atomic mass is 16.6. The van der Waals surface area contributed by atoms with E-state index in [0.717, 1.165) is 11.1 Å². The Morgan fingerprint density at radius 3 is 2.35 bits per heavy atom. The van der Waals surface area contributed by atoms with Gasteiger partial charge in [0.15, 0.2) is 0 Å². The molecule has 144 valence electrons. The minimum atomic E-state index is -0.794. The molecule has 0 aliphatic heterocycles. The largest absolute Gasteiger partial charge is 0.444 e. The number of carbonyl (C=O) groups excluding carboxylic acids is 2. The number of ether oxygens (including phenoxy) is 1. The first-order chi connectivity index (χ1) is 11.9. The number of carbonyl (C=O) groups is 2. The molecule has 0 spiro atoms. The standard InChI is InChI=1S/C20H30N2O4/c1-19(2,3)16(22-18(25)26-20(4,5)6)17(24)21-15-13-10-8-7-9-12(13)11-14(15)23/h7-10,14-16,23H,11H2,1-6H3,(H,21,24)(H,22,25)/t14-,15?,16-/m1/s1. The van der Waals surface area contributed by atoms with E-state index in [4.69, 9.17) is 4.74 Å². The average Bonchev–Trinajstić information content (AvgIpc) is 2.78. The Hall–Kier alpha value is -2.08. The van der Waals surface area contributed by atoms with Gasteiger partial charge in [0.25, 0.3) is 0 Å². The number of hydrogen-bond acceptors (Lipinski definition) is 4. The fraction of sp³-hybridized carbons (Fsp3) is 0.600. The molecule has 26 heavy (non-hydrogen) atoms. The van der Waals surface area contributed by atoms with Crippen LogP contribution in [0.4, 0.5) is 4.79 Å². The van der Waals surface area contributed by atoms with Gasteiger partial charge in [-0.15, -0.1) is 0 Å². The minimum Gasteiger partial charge on any atom is -0.444 e. The summed E-state index contributed by atoms with van der Waals surface area (Å²) in [4.78, 5) is 25.1. The molecular formula is C20H30N2O4. The lowest BCUT2D eigenvalue weighted by Gasteiger charge is -2.32. The Morgan fingerprint density at radius 1 is 1.15 bits per heavy atom. The van der Waals surface area contributed by atoms with Crippen molar-refractivity contribution in [3.05, 3.63) is 35.4 Å². The van der Waals surface area contributed by atoms with Crippen LogP contribution in [0.3, 0.4) is 0 Å². The summed E-state index contributed by atoms with van der Waals surface area (Å²) in [6, 6.07) is 6.38. The van der Waals surface area contributed by atoms with E-state index in [2.05, 4.69) is 10.6 Å². The molecule has 1 aliphatic carbocycles. The maximum Gasteiger partial charge on any atom is 0.408 e. The van der Waals surface area contributed by atoms with Crippen molar-refractivity contribution in [3.63, 3.8) is 0 Å². The van der Waals surface area contributed by atoms with Crippen LogP contribution >= 0.6 is 0 Å². The highest BCUT2D eigenvalue weighted by Gasteiger charge is 2.38. The third kappa shape index (κ3) is 4.97. The Balaban J connectivity index is 2.14. The summed E-state index contributed by atoms with van der Waals surface area (Å²) in [6.45, 7) is 10.9. The SMILES string of the molecule is CC(C)(C)OC(=O)N[C@H](C(=O)NC1c2ccccc2C[C@H]1O)C(C)(C)C. The van der Waals surface area contributed by atoms with E-state index in [1.165, 1.54) is 0 Å². The number of aliphatic hydroxyl groups is 1. The molecule has 0 saturated carbocycles. The molecule has 1 unspecified atom stereocenters. The van der Waals surface area contributed by atoms with Crippen molar-refractivity contribution in [1.29, 1.82) is 0 Å². The molecule has 3 N–H and O–H groups in total. The van der Waals surface area contributed by atoms with Crippen LogP contribution in [-0.2, 0) is 16.0 Å². The van der Waals surface area contributed by atoms with Gasteiger partial charge in [-0.2, -0.15) is 0 Å². The van der Waals surface area contributed by atoms with Gasteiger partial charge in [0.05, 0.1) is 12.1 Å². The molecule has 3 atom stereocenters. The van der Waals surface area contributed by atoms with Crippen LogP contribution in [0.15, 0.2) is 24.3 Å². The zero-order chi connectivity index (χ0) is 19.7. The Bertz CT molecular complexity index is 673. The lowest BCUT2D eigenvalue weighted by Crippen LogP contribution is -2.55. The molecule has 0 radical (unpaired) electrons. The highest BCUT2D eigenvalue weighted by Crippen LogP contribution is 2.32. The van der Waals surface area contributed by atoms with E-state index in [1.807, 2.05) is 45.0 Å². The summed E-state index contributed by atoms with van der Waals surface area (Å²) in [5, 5.41) is 15.9. The van der Waals surface area contributed by atoms with Crippen LogP contribution in [0.5, 0.6) is 0 Å². The van der Waals surface area contributed by atoms with E-state index in [-0.39, 0.29) is 5.91 Å². The maximum absolute atomic E-state index is 12.9. The molecule has 0 fully saturated rings. The fourth-order valence-corrected chi connectivity index (χ4v) is 3.09. The smallest absolute Gasteiger partial charge is 0.408 e. The summed E-state index contributed by atoms with van der Waals surface area (Å²) in [5.74, 6) is -0.343. The third-order valence-corrected chi connectivity index (χ3v) is 4.29. The molecule has 0 bridgehead atoms. The highest BCUT2D eigenvalue weighted by molar-refractivity contribution is 5.87. The zero-order valence-electron chi connectivity index (χ0n) is 16.4. The van der Waals surface area contributed by atoms with Crippen molar-refractivity contribution >= 4 is 12.0 Å². The molecule has 0 heterocycles. The second-order valence-electron chi connectivity index (χ2n) is 8.90. The zero-order valence-corrected chi connectivity index (χ0v) is 16.4. The minimum absolute atomic E-state index is 0.343. The van der Waals surface area contributed by atoms with Crippen molar-refractivity contribution in [2.75, 3.05) is 0 Å².